The molecule has 1 N–H and O–H groups in total. The fourth-order valence-corrected chi connectivity index (χ4v) is 2.62. The van der Waals surface area contributed by atoms with Crippen LogP contribution < -0.4 is 5.32 Å². The molecule has 104 valence electrons. The van der Waals surface area contributed by atoms with Gasteiger partial charge in [-0.1, -0.05) is 26.0 Å². The third-order valence-corrected chi connectivity index (χ3v) is 3.99. The lowest BCUT2D eigenvalue weighted by Gasteiger charge is -2.10. The normalized spacial score (nSPS) is 10.3. The Labute approximate surface area is 133 Å². The highest BCUT2D eigenvalue weighted by Crippen LogP contribution is 2.20. The summed E-state index contributed by atoms with van der Waals surface area (Å²) in [6.45, 7) is 4.20. The number of carbonyl (C=O) groups excluding carboxylic acids is 1. The topological polar surface area (TPSA) is 29.1 Å². The van der Waals surface area contributed by atoms with Gasteiger partial charge >= 0.3 is 0 Å². The summed E-state index contributed by atoms with van der Waals surface area (Å²) in [4.78, 5) is 12.3. The number of anilines is 1. The second-order valence-corrected chi connectivity index (χ2v) is 5.91. The van der Waals surface area contributed by atoms with Crippen molar-refractivity contribution in [1.29, 1.82) is 0 Å². The SMILES string of the molecule is CCc1ccc(C(=O)Nc2ccc(I)cc2CC)cc1. The van der Waals surface area contributed by atoms with Crippen LogP contribution in [0.2, 0.25) is 0 Å². The lowest BCUT2D eigenvalue weighted by Crippen LogP contribution is -2.13. The maximum Gasteiger partial charge on any atom is 0.255 e. The van der Waals surface area contributed by atoms with Crippen LogP contribution in [0.5, 0.6) is 0 Å². The molecule has 2 nitrogen and oxygen atoms in total. The second kappa shape index (κ2) is 6.88. The Balaban J connectivity index is 2.18. The molecule has 2 aromatic rings. The summed E-state index contributed by atoms with van der Waals surface area (Å²) >= 11 is 2.29. The molecule has 0 heterocycles. The van der Waals surface area contributed by atoms with Gasteiger partial charge in [0.1, 0.15) is 0 Å². The van der Waals surface area contributed by atoms with Crippen LogP contribution in [0.15, 0.2) is 42.5 Å². The second-order valence-electron chi connectivity index (χ2n) is 4.66. The summed E-state index contributed by atoms with van der Waals surface area (Å²) in [7, 11) is 0. The lowest BCUT2D eigenvalue weighted by molar-refractivity contribution is 0.102. The average Bonchev–Trinajstić information content (AvgIpc) is 2.49. The molecule has 3 heteroatoms. The number of halogens is 1. The summed E-state index contributed by atoms with van der Waals surface area (Å²) in [5, 5.41) is 3.00. The zero-order valence-corrected chi connectivity index (χ0v) is 13.9. The molecule has 0 atom stereocenters. The Morgan fingerprint density at radius 3 is 2.35 bits per heavy atom. The minimum absolute atomic E-state index is 0.0523. The Kier molecular flexibility index (Phi) is 5.17. The first-order valence-corrected chi connectivity index (χ1v) is 7.90. The molecule has 0 unspecified atom stereocenters. The van der Waals surface area contributed by atoms with Crippen LogP contribution >= 0.6 is 22.6 Å². The number of hydrogen-bond acceptors (Lipinski definition) is 1. The van der Waals surface area contributed by atoms with Crippen LogP contribution in [0.4, 0.5) is 5.69 Å². The molecule has 0 aliphatic heterocycles. The van der Waals surface area contributed by atoms with Gasteiger partial charge in [-0.2, -0.15) is 0 Å². The van der Waals surface area contributed by atoms with E-state index in [0.717, 1.165) is 24.1 Å². The maximum atomic E-state index is 12.3. The minimum atomic E-state index is -0.0523. The van der Waals surface area contributed by atoms with Crippen LogP contribution in [-0.4, -0.2) is 5.91 Å². The number of aryl methyl sites for hydroxylation is 2. The van der Waals surface area contributed by atoms with E-state index in [-0.39, 0.29) is 5.91 Å². The molecule has 0 saturated carbocycles. The number of amides is 1. The standard InChI is InChI=1S/C17H18INO/c1-3-12-5-7-14(8-6-12)17(20)19-16-10-9-15(18)11-13(16)4-2/h5-11H,3-4H2,1-2H3,(H,19,20). The highest BCUT2D eigenvalue weighted by molar-refractivity contribution is 14.1. The Morgan fingerprint density at radius 1 is 1.05 bits per heavy atom. The van der Waals surface area contributed by atoms with Crippen molar-refractivity contribution in [2.75, 3.05) is 5.32 Å². The van der Waals surface area contributed by atoms with Crippen LogP contribution in [0.25, 0.3) is 0 Å². The first-order valence-electron chi connectivity index (χ1n) is 6.82. The summed E-state index contributed by atoms with van der Waals surface area (Å²) in [6.07, 6.45) is 1.89. The average molecular weight is 379 g/mol. The van der Waals surface area contributed by atoms with Gasteiger partial charge in [-0.05, 0) is 76.9 Å². The first-order chi connectivity index (χ1) is 9.63. The third kappa shape index (κ3) is 3.60. The number of nitrogens with one attached hydrogen (secondary N) is 1. The van der Waals surface area contributed by atoms with Gasteiger partial charge in [-0.15, -0.1) is 0 Å². The van der Waals surface area contributed by atoms with E-state index in [9.17, 15) is 4.79 Å². The summed E-state index contributed by atoms with van der Waals surface area (Å²) in [5.74, 6) is -0.0523. The largest absolute Gasteiger partial charge is 0.322 e. The van der Waals surface area contributed by atoms with Gasteiger partial charge in [-0.25, -0.2) is 0 Å². The third-order valence-electron chi connectivity index (χ3n) is 3.32. The van der Waals surface area contributed by atoms with Crippen molar-refractivity contribution in [2.45, 2.75) is 26.7 Å². The predicted octanol–water partition coefficient (Wildman–Crippen LogP) is 4.67. The molecule has 20 heavy (non-hydrogen) atoms. The molecule has 0 saturated heterocycles. The molecule has 1 amide bonds. The Hall–Kier alpha value is -1.36. The van der Waals surface area contributed by atoms with Crippen molar-refractivity contribution in [3.05, 3.63) is 62.7 Å². The van der Waals surface area contributed by atoms with Crippen LogP contribution in [0.1, 0.15) is 35.3 Å². The van der Waals surface area contributed by atoms with Gasteiger partial charge in [0.05, 0.1) is 0 Å². The van der Waals surface area contributed by atoms with Gasteiger partial charge in [0.25, 0.3) is 5.91 Å². The summed E-state index contributed by atoms with van der Waals surface area (Å²) < 4.78 is 1.18. The highest BCUT2D eigenvalue weighted by Gasteiger charge is 2.08. The molecule has 2 rings (SSSR count). The van der Waals surface area contributed by atoms with Gasteiger partial charge < -0.3 is 5.32 Å². The molecular formula is C17H18INO. The van der Waals surface area contributed by atoms with Crippen LogP contribution in [-0.2, 0) is 12.8 Å². The van der Waals surface area contributed by atoms with Crippen molar-refractivity contribution in [2.24, 2.45) is 0 Å². The number of rotatable bonds is 4. The monoisotopic (exact) mass is 379 g/mol. The van der Waals surface area contributed by atoms with E-state index in [0.29, 0.717) is 5.56 Å². The van der Waals surface area contributed by atoms with E-state index in [1.165, 1.54) is 9.13 Å². The molecule has 0 aliphatic carbocycles. The van der Waals surface area contributed by atoms with E-state index in [1.807, 2.05) is 36.4 Å². The van der Waals surface area contributed by atoms with Crippen molar-refractivity contribution in [1.82, 2.24) is 0 Å². The fourth-order valence-electron chi connectivity index (χ4n) is 2.06. The Morgan fingerprint density at radius 2 is 1.75 bits per heavy atom. The number of hydrogen-bond donors (Lipinski definition) is 1. The van der Waals surface area contributed by atoms with E-state index in [4.69, 9.17) is 0 Å². The minimum Gasteiger partial charge on any atom is -0.322 e. The molecular weight excluding hydrogens is 361 g/mol. The molecule has 0 bridgehead atoms. The van der Waals surface area contributed by atoms with Gasteiger partial charge in [0, 0.05) is 14.8 Å². The van der Waals surface area contributed by atoms with E-state index < -0.39 is 0 Å². The molecule has 0 fully saturated rings. The van der Waals surface area contributed by atoms with E-state index in [2.05, 4.69) is 47.8 Å². The molecule has 0 aliphatic rings. The smallest absolute Gasteiger partial charge is 0.255 e. The van der Waals surface area contributed by atoms with Crippen molar-refractivity contribution < 1.29 is 4.79 Å². The van der Waals surface area contributed by atoms with Gasteiger partial charge in [0.15, 0.2) is 0 Å². The van der Waals surface area contributed by atoms with Crippen molar-refractivity contribution in [3.63, 3.8) is 0 Å². The Bertz CT molecular complexity index is 605. The van der Waals surface area contributed by atoms with E-state index >= 15 is 0 Å². The van der Waals surface area contributed by atoms with Gasteiger partial charge in [-0.3, -0.25) is 4.79 Å². The quantitative estimate of drug-likeness (QED) is 0.769. The predicted molar refractivity (Wildman–Crippen MR) is 92.3 cm³/mol. The van der Waals surface area contributed by atoms with Crippen molar-refractivity contribution in [3.8, 4) is 0 Å². The first kappa shape index (κ1) is 15.0. The van der Waals surface area contributed by atoms with Crippen LogP contribution in [0.3, 0.4) is 0 Å². The molecule has 0 radical (unpaired) electrons. The summed E-state index contributed by atoms with van der Waals surface area (Å²) in [6, 6.07) is 13.9. The highest BCUT2D eigenvalue weighted by atomic mass is 127. The van der Waals surface area contributed by atoms with Crippen LogP contribution in [0, 0.1) is 3.57 Å². The maximum absolute atomic E-state index is 12.3. The molecule has 2 aromatic carbocycles. The zero-order chi connectivity index (χ0) is 14.5. The van der Waals surface area contributed by atoms with Gasteiger partial charge in [0.2, 0.25) is 0 Å². The fraction of sp³-hybridized carbons (Fsp3) is 0.235. The molecule has 0 spiro atoms. The lowest BCUT2D eigenvalue weighted by atomic mass is 10.1. The van der Waals surface area contributed by atoms with E-state index in [1.54, 1.807) is 0 Å². The zero-order valence-electron chi connectivity index (χ0n) is 11.7. The molecule has 0 aromatic heterocycles. The number of benzene rings is 2. The number of carbonyl (C=O) groups is 1. The summed E-state index contributed by atoms with van der Waals surface area (Å²) in [5.41, 5.74) is 4.00. The van der Waals surface area contributed by atoms with Crippen molar-refractivity contribution >= 4 is 34.2 Å².